The molecule has 0 heterocycles. The Hall–Kier alpha value is -0.650. The van der Waals surface area contributed by atoms with Crippen molar-refractivity contribution in [2.45, 2.75) is 33.2 Å². The third-order valence-corrected chi connectivity index (χ3v) is 1.41. The van der Waals surface area contributed by atoms with Crippen LogP contribution in [-0.2, 0) is 19.0 Å². The Morgan fingerprint density at radius 2 is 1.64 bits per heavy atom. The van der Waals surface area contributed by atoms with Crippen LogP contribution in [0.1, 0.15) is 27.2 Å². The number of esters is 1. The molecule has 0 rings (SSSR count). The number of carbonyl (C=O) groups is 1. The van der Waals surface area contributed by atoms with E-state index in [9.17, 15) is 9.90 Å². The van der Waals surface area contributed by atoms with Crippen LogP contribution in [0, 0.1) is 0 Å². The summed E-state index contributed by atoms with van der Waals surface area (Å²) in [6.45, 7) is 5.89. The Bertz CT molecular complexity index is 163. The third kappa shape index (κ3) is 5.16. The molecule has 0 fully saturated rings. The normalized spacial score (nSPS) is 11.4. The van der Waals surface area contributed by atoms with E-state index in [1.54, 1.807) is 20.8 Å². The van der Waals surface area contributed by atoms with Gasteiger partial charge in [-0.3, -0.25) is 4.79 Å². The molecule has 5 nitrogen and oxygen atoms in total. The van der Waals surface area contributed by atoms with Crippen molar-refractivity contribution in [3.05, 3.63) is 0 Å². The van der Waals surface area contributed by atoms with Crippen molar-refractivity contribution in [1.29, 1.82) is 0 Å². The first-order valence-electron chi connectivity index (χ1n) is 4.73. The van der Waals surface area contributed by atoms with E-state index in [-0.39, 0.29) is 26.2 Å². The maximum absolute atomic E-state index is 11.1. The van der Waals surface area contributed by atoms with Crippen LogP contribution in [0.4, 0.5) is 0 Å². The van der Waals surface area contributed by atoms with Crippen LogP contribution in [0.3, 0.4) is 0 Å². The minimum absolute atomic E-state index is 0.260. The van der Waals surface area contributed by atoms with Crippen LogP contribution in [-0.4, -0.2) is 36.9 Å². The minimum Gasteiger partial charge on any atom is -0.466 e. The van der Waals surface area contributed by atoms with E-state index in [0.29, 0.717) is 0 Å². The fourth-order valence-corrected chi connectivity index (χ4v) is 0.989. The van der Waals surface area contributed by atoms with Gasteiger partial charge in [-0.1, -0.05) is 0 Å². The highest BCUT2D eigenvalue weighted by Crippen LogP contribution is 2.15. The molecule has 1 N–H and O–H groups in total. The maximum atomic E-state index is 11.1. The molecule has 14 heavy (non-hydrogen) atoms. The quantitative estimate of drug-likeness (QED) is 0.489. The van der Waals surface area contributed by atoms with Gasteiger partial charge in [-0.2, -0.15) is 0 Å². The number of carbonyl (C=O) groups excluding carboxylic acids is 1. The van der Waals surface area contributed by atoms with Crippen LogP contribution in [0.5, 0.6) is 0 Å². The van der Waals surface area contributed by atoms with Gasteiger partial charge in [0.1, 0.15) is 6.42 Å². The molecule has 0 aromatic heterocycles. The van der Waals surface area contributed by atoms with Crippen molar-refractivity contribution in [3.63, 3.8) is 0 Å². The smallest absolute Gasteiger partial charge is 0.314 e. The second-order valence-corrected chi connectivity index (χ2v) is 2.56. The summed E-state index contributed by atoms with van der Waals surface area (Å²) in [5, 5.41) is 9.66. The molecule has 0 saturated carbocycles. The lowest BCUT2D eigenvalue weighted by atomic mass is 10.3. The van der Waals surface area contributed by atoms with Gasteiger partial charge in [0.2, 0.25) is 0 Å². The fraction of sp³-hybridized carbons (Fsp3) is 0.889. The monoisotopic (exact) mass is 206 g/mol. The van der Waals surface area contributed by atoms with Crippen molar-refractivity contribution in [2.75, 3.05) is 19.8 Å². The van der Waals surface area contributed by atoms with Crippen molar-refractivity contribution >= 4 is 5.97 Å². The lowest BCUT2D eigenvalue weighted by Gasteiger charge is -2.25. The lowest BCUT2D eigenvalue weighted by Crippen LogP contribution is -2.38. The van der Waals surface area contributed by atoms with Crippen molar-refractivity contribution in [1.82, 2.24) is 0 Å². The summed E-state index contributed by atoms with van der Waals surface area (Å²) < 4.78 is 14.5. The van der Waals surface area contributed by atoms with Crippen molar-refractivity contribution in [3.8, 4) is 0 Å². The van der Waals surface area contributed by atoms with E-state index in [2.05, 4.69) is 4.74 Å². The van der Waals surface area contributed by atoms with E-state index in [0.717, 1.165) is 0 Å². The highest BCUT2D eigenvalue weighted by atomic mass is 16.8. The molecular formula is C9H18O5. The van der Waals surface area contributed by atoms with Crippen LogP contribution in [0.25, 0.3) is 0 Å². The molecule has 0 spiro atoms. The predicted molar refractivity (Wildman–Crippen MR) is 49.5 cm³/mol. The average molecular weight is 206 g/mol. The highest BCUT2D eigenvalue weighted by molar-refractivity contribution is 5.70. The zero-order chi connectivity index (χ0) is 11.0. The third-order valence-electron chi connectivity index (χ3n) is 1.41. The van der Waals surface area contributed by atoms with Gasteiger partial charge in [0.15, 0.2) is 0 Å². The highest BCUT2D eigenvalue weighted by Gasteiger charge is 2.32. The van der Waals surface area contributed by atoms with Crippen molar-refractivity contribution in [2.24, 2.45) is 0 Å². The Morgan fingerprint density at radius 3 is 2.00 bits per heavy atom. The van der Waals surface area contributed by atoms with E-state index in [1.165, 1.54) is 0 Å². The minimum atomic E-state index is -1.85. The number of hydrogen-bond acceptors (Lipinski definition) is 5. The summed E-state index contributed by atoms with van der Waals surface area (Å²) in [7, 11) is 0. The summed E-state index contributed by atoms with van der Waals surface area (Å²) in [5.74, 6) is -2.40. The second-order valence-electron chi connectivity index (χ2n) is 2.56. The molecule has 0 aliphatic heterocycles. The number of aliphatic hydroxyl groups is 1. The summed E-state index contributed by atoms with van der Waals surface area (Å²) in [4.78, 5) is 11.1. The van der Waals surface area contributed by atoms with E-state index >= 15 is 0 Å². The molecular weight excluding hydrogens is 188 g/mol. The summed E-state index contributed by atoms with van der Waals surface area (Å²) in [5.41, 5.74) is 0. The summed E-state index contributed by atoms with van der Waals surface area (Å²) in [6.07, 6.45) is -0.317. The molecule has 0 bridgehead atoms. The largest absolute Gasteiger partial charge is 0.466 e. The van der Waals surface area contributed by atoms with Gasteiger partial charge >= 0.3 is 5.97 Å². The standard InChI is InChI=1S/C9H18O5/c1-4-12-8(10)7-9(11,13-5-2)14-6-3/h11H,4-7H2,1-3H3. The van der Waals surface area contributed by atoms with Gasteiger partial charge in [-0.15, -0.1) is 0 Å². The number of ether oxygens (including phenoxy) is 3. The van der Waals surface area contributed by atoms with E-state index < -0.39 is 11.9 Å². The fourth-order valence-electron chi connectivity index (χ4n) is 0.989. The zero-order valence-corrected chi connectivity index (χ0v) is 8.91. The molecule has 0 amide bonds. The van der Waals surface area contributed by atoms with Gasteiger partial charge < -0.3 is 19.3 Å². The Balaban J connectivity index is 4.12. The molecule has 84 valence electrons. The molecule has 5 heteroatoms. The van der Waals surface area contributed by atoms with Gasteiger partial charge in [0.05, 0.1) is 6.61 Å². The SMILES string of the molecule is CCOC(=O)CC(O)(OCC)OCC. The molecule has 0 saturated heterocycles. The number of rotatable bonds is 7. The van der Waals surface area contributed by atoms with Crippen LogP contribution in [0.2, 0.25) is 0 Å². The first kappa shape index (κ1) is 13.4. The molecule has 0 unspecified atom stereocenters. The van der Waals surface area contributed by atoms with Gasteiger partial charge in [0.25, 0.3) is 5.97 Å². The van der Waals surface area contributed by atoms with E-state index in [1.807, 2.05) is 0 Å². The average Bonchev–Trinajstić information content (AvgIpc) is 2.04. The topological polar surface area (TPSA) is 65.0 Å². The Morgan fingerprint density at radius 1 is 1.14 bits per heavy atom. The van der Waals surface area contributed by atoms with Crippen LogP contribution >= 0.6 is 0 Å². The lowest BCUT2D eigenvalue weighted by molar-refractivity contribution is -0.357. The summed E-state index contributed by atoms with van der Waals surface area (Å²) >= 11 is 0. The van der Waals surface area contributed by atoms with E-state index in [4.69, 9.17) is 9.47 Å². The Labute approximate surface area is 84.0 Å². The second kappa shape index (κ2) is 6.75. The molecule has 0 atom stereocenters. The van der Waals surface area contributed by atoms with Crippen LogP contribution < -0.4 is 0 Å². The predicted octanol–water partition coefficient (Wildman–Crippen LogP) is 0.659. The van der Waals surface area contributed by atoms with Crippen LogP contribution in [0.15, 0.2) is 0 Å². The van der Waals surface area contributed by atoms with Gasteiger partial charge in [-0.25, -0.2) is 0 Å². The first-order chi connectivity index (χ1) is 6.58. The molecule has 0 aromatic rings. The number of hydrogen-bond donors (Lipinski definition) is 1. The Kier molecular flexibility index (Phi) is 6.44. The first-order valence-corrected chi connectivity index (χ1v) is 4.73. The molecule has 0 aromatic carbocycles. The zero-order valence-electron chi connectivity index (χ0n) is 8.91. The van der Waals surface area contributed by atoms with Gasteiger partial charge in [-0.05, 0) is 20.8 Å². The molecule has 0 radical (unpaired) electrons. The molecule has 0 aliphatic carbocycles. The maximum Gasteiger partial charge on any atom is 0.314 e. The summed E-state index contributed by atoms with van der Waals surface area (Å²) in [6, 6.07) is 0. The van der Waals surface area contributed by atoms with Gasteiger partial charge in [0, 0.05) is 13.2 Å². The molecule has 0 aliphatic rings. The van der Waals surface area contributed by atoms with Crippen molar-refractivity contribution < 1.29 is 24.1 Å².